The molecular formula is C25H49N3O7. The zero-order chi connectivity index (χ0) is 27.5. The molecule has 206 valence electrons. The quantitative estimate of drug-likeness (QED) is 0.174. The Kier molecular flexibility index (Phi) is 13.2. The van der Waals surface area contributed by atoms with Crippen LogP contribution in [0.2, 0.25) is 0 Å². The van der Waals surface area contributed by atoms with Gasteiger partial charge in [0.05, 0.1) is 25.2 Å². The summed E-state index contributed by atoms with van der Waals surface area (Å²) in [6.07, 6.45) is 0.487. The average Bonchev–Trinajstić information content (AvgIpc) is 2.73. The first-order valence-corrected chi connectivity index (χ1v) is 12.3. The van der Waals surface area contributed by atoms with Gasteiger partial charge in [-0.05, 0) is 51.4 Å². The van der Waals surface area contributed by atoms with E-state index in [1.54, 1.807) is 27.7 Å². The van der Waals surface area contributed by atoms with Gasteiger partial charge < -0.3 is 35.7 Å². The first kappa shape index (κ1) is 33.1. The minimum Gasteiger partial charge on any atom is -0.465 e. The van der Waals surface area contributed by atoms with Gasteiger partial charge in [0.15, 0.2) is 0 Å². The largest absolute Gasteiger partial charge is 0.465 e. The van der Waals surface area contributed by atoms with E-state index in [2.05, 4.69) is 5.32 Å². The maximum atomic E-state index is 12.8. The van der Waals surface area contributed by atoms with Gasteiger partial charge in [0.1, 0.15) is 18.2 Å². The van der Waals surface area contributed by atoms with Crippen LogP contribution in [-0.4, -0.2) is 69.2 Å². The van der Waals surface area contributed by atoms with Crippen LogP contribution in [0.15, 0.2) is 0 Å². The number of hydrogen-bond donors (Lipinski definition) is 3. The third-order valence-corrected chi connectivity index (χ3v) is 6.79. The summed E-state index contributed by atoms with van der Waals surface area (Å²) in [6, 6.07) is -0.883. The zero-order valence-corrected chi connectivity index (χ0v) is 23.2. The van der Waals surface area contributed by atoms with Crippen LogP contribution < -0.4 is 16.8 Å². The van der Waals surface area contributed by atoms with E-state index in [4.69, 9.17) is 30.4 Å². The normalized spacial score (nSPS) is 15.1. The van der Waals surface area contributed by atoms with Crippen LogP contribution >= 0.6 is 0 Å². The molecule has 0 saturated carbocycles. The smallest absolute Gasteiger partial charge is 0.407 e. The predicted molar refractivity (Wildman–Crippen MR) is 135 cm³/mol. The van der Waals surface area contributed by atoms with Crippen molar-refractivity contribution in [3.8, 4) is 0 Å². The molecule has 2 unspecified atom stereocenters. The second-order valence-electron chi connectivity index (χ2n) is 11.2. The number of hydrogen-bond acceptors (Lipinski definition) is 9. The molecule has 0 rings (SSSR count). The van der Waals surface area contributed by atoms with Gasteiger partial charge in [-0.3, -0.25) is 9.59 Å². The maximum absolute atomic E-state index is 12.8. The molecule has 0 saturated heterocycles. The molecule has 0 radical (unpaired) electrons. The number of alkyl carbamates (subject to hydrolysis) is 1. The monoisotopic (exact) mass is 503 g/mol. The number of rotatable bonds is 15. The number of carbonyl (C=O) groups is 3. The van der Waals surface area contributed by atoms with Gasteiger partial charge >= 0.3 is 18.0 Å². The molecule has 0 spiro atoms. The fourth-order valence-electron chi connectivity index (χ4n) is 3.53. The molecule has 0 aliphatic heterocycles. The van der Waals surface area contributed by atoms with Crippen molar-refractivity contribution in [1.29, 1.82) is 0 Å². The van der Waals surface area contributed by atoms with Gasteiger partial charge in [-0.2, -0.15) is 0 Å². The molecule has 0 aromatic carbocycles. The minimum absolute atomic E-state index is 0.0344. The maximum Gasteiger partial charge on any atom is 0.407 e. The molecule has 5 N–H and O–H groups in total. The Balaban J connectivity index is 4.66. The molecule has 0 aromatic heterocycles. The molecular weight excluding hydrogens is 454 g/mol. The van der Waals surface area contributed by atoms with Crippen LogP contribution in [0.1, 0.15) is 75.2 Å². The van der Waals surface area contributed by atoms with Crippen molar-refractivity contribution in [2.75, 3.05) is 39.5 Å². The molecule has 0 fully saturated rings. The van der Waals surface area contributed by atoms with Gasteiger partial charge in [0.2, 0.25) is 0 Å². The van der Waals surface area contributed by atoms with Crippen LogP contribution in [0.4, 0.5) is 4.79 Å². The zero-order valence-electron chi connectivity index (χ0n) is 23.2. The van der Waals surface area contributed by atoms with Crippen molar-refractivity contribution in [3.05, 3.63) is 0 Å². The van der Waals surface area contributed by atoms with E-state index in [1.807, 2.05) is 34.6 Å². The summed E-state index contributed by atoms with van der Waals surface area (Å²) in [5.41, 5.74) is 9.49. The summed E-state index contributed by atoms with van der Waals surface area (Å²) >= 11 is 0. The molecule has 0 aliphatic carbocycles. The molecule has 10 heteroatoms. The van der Waals surface area contributed by atoms with Crippen molar-refractivity contribution in [2.24, 2.45) is 27.7 Å². The Morgan fingerprint density at radius 2 is 1.49 bits per heavy atom. The third-order valence-electron chi connectivity index (χ3n) is 6.79. The van der Waals surface area contributed by atoms with Gasteiger partial charge in [-0.1, -0.05) is 34.6 Å². The van der Waals surface area contributed by atoms with Crippen molar-refractivity contribution < 1.29 is 33.3 Å². The summed E-state index contributed by atoms with van der Waals surface area (Å²) in [5, 5.41) is 2.58. The lowest BCUT2D eigenvalue weighted by Crippen LogP contribution is -2.56. The lowest BCUT2D eigenvalue weighted by Gasteiger charge is -2.52. The molecule has 1 amide bonds. The number of nitrogens with two attached hydrogens (primary N) is 2. The Labute approximate surface area is 211 Å². The Bertz CT molecular complexity index is 689. The van der Waals surface area contributed by atoms with Gasteiger partial charge in [-0.15, -0.1) is 0 Å². The second-order valence-corrected chi connectivity index (χ2v) is 11.2. The highest BCUT2D eigenvalue weighted by Crippen LogP contribution is 2.53. The van der Waals surface area contributed by atoms with Gasteiger partial charge in [0, 0.05) is 13.1 Å². The average molecular weight is 504 g/mol. The lowest BCUT2D eigenvalue weighted by molar-refractivity contribution is -0.169. The van der Waals surface area contributed by atoms with Crippen LogP contribution in [0, 0.1) is 16.2 Å². The predicted octanol–water partition coefficient (Wildman–Crippen LogP) is 2.76. The van der Waals surface area contributed by atoms with E-state index in [-0.39, 0.29) is 45.3 Å². The topological polar surface area (TPSA) is 152 Å². The first-order valence-electron chi connectivity index (χ1n) is 12.3. The van der Waals surface area contributed by atoms with E-state index in [0.717, 1.165) is 6.42 Å². The number of nitrogens with one attached hydrogen (secondary N) is 1. The van der Waals surface area contributed by atoms with E-state index in [1.165, 1.54) is 0 Å². The van der Waals surface area contributed by atoms with Crippen molar-refractivity contribution in [1.82, 2.24) is 5.32 Å². The van der Waals surface area contributed by atoms with E-state index in [9.17, 15) is 14.4 Å². The highest BCUT2D eigenvalue weighted by Gasteiger charge is 2.55. The molecule has 0 bridgehead atoms. The van der Waals surface area contributed by atoms with Crippen LogP contribution in [-0.2, 0) is 28.5 Å². The second kappa shape index (κ2) is 14.0. The Hall–Kier alpha value is -1.91. The van der Waals surface area contributed by atoms with E-state index in [0.29, 0.717) is 6.61 Å². The molecule has 0 heterocycles. The molecule has 35 heavy (non-hydrogen) atoms. The van der Waals surface area contributed by atoms with Crippen molar-refractivity contribution in [3.63, 3.8) is 0 Å². The summed E-state index contributed by atoms with van der Waals surface area (Å²) in [4.78, 5) is 36.9. The summed E-state index contributed by atoms with van der Waals surface area (Å²) in [6.45, 7) is 18.0. The first-order chi connectivity index (χ1) is 15.9. The molecule has 2 atom stereocenters. The molecule has 0 aromatic rings. The highest BCUT2D eigenvalue weighted by molar-refractivity contribution is 5.78. The number of carbonyl (C=O) groups excluding carboxylic acids is 3. The lowest BCUT2D eigenvalue weighted by atomic mass is 9.52. The SMILES string of the molecule is CCCOC(=O)C(C)(CN)C(C)(C)C(C)(C)CC(N)C(=O)OCCOCCNC(=O)OC(C)(C)C. The summed E-state index contributed by atoms with van der Waals surface area (Å²) in [5.74, 6) is -0.901. The number of esters is 2. The van der Waals surface area contributed by atoms with E-state index >= 15 is 0 Å². The number of ether oxygens (including phenoxy) is 4. The number of amides is 1. The van der Waals surface area contributed by atoms with Crippen molar-refractivity contribution in [2.45, 2.75) is 86.8 Å². The van der Waals surface area contributed by atoms with Gasteiger partial charge in [0.25, 0.3) is 0 Å². The fraction of sp³-hybridized carbons (Fsp3) is 0.880. The van der Waals surface area contributed by atoms with Crippen LogP contribution in [0.3, 0.4) is 0 Å². The van der Waals surface area contributed by atoms with Gasteiger partial charge in [-0.25, -0.2) is 4.79 Å². The molecule has 0 aliphatic rings. The Morgan fingerprint density at radius 1 is 0.886 bits per heavy atom. The minimum atomic E-state index is -0.962. The molecule has 10 nitrogen and oxygen atoms in total. The fourth-order valence-corrected chi connectivity index (χ4v) is 3.53. The van der Waals surface area contributed by atoms with Crippen molar-refractivity contribution >= 4 is 18.0 Å². The van der Waals surface area contributed by atoms with Crippen LogP contribution in [0.5, 0.6) is 0 Å². The standard InChI is InChI=1S/C25H49N3O7/c1-10-12-34-20(30)25(9,17-26)24(7,8)23(5,6)16-18(27)19(29)33-15-14-32-13-11-28-21(31)35-22(2,3)4/h18H,10-17,26-27H2,1-9H3,(H,28,31). The summed E-state index contributed by atoms with van der Waals surface area (Å²) < 4.78 is 21.2. The Morgan fingerprint density at radius 3 is 2.00 bits per heavy atom. The summed E-state index contributed by atoms with van der Waals surface area (Å²) in [7, 11) is 0. The van der Waals surface area contributed by atoms with Crippen LogP contribution in [0.25, 0.3) is 0 Å². The van der Waals surface area contributed by atoms with E-state index < -0.39 is 40.0 Å². The third kappa shape index (κ3) is 10.3. The highest BCUT2D eigenvalue weighted by atomic mass is 16.6.